The molecule has 1 rings (SSSR count). The Kier molecular flexibility index (Phi) is 7.11. The molecule has 2 N–H and O–H groups in total. The maximum absolute atomic E-state index is 8.99. The minimum Gasteiger partial charge on any atom is -0.494 e. The van der Waals surface area contributed by atoms with Crippen molar-refractivity contribution in [2.75, 3.05) is 6.61 Å². The summed E-state index contributed by atoms with van der Waals surface area (Å²) in [7, 11) is 0. The summed E-state index contributed by atoms with van der Waals surface area (Å²) in [5.74, 6) is 0.890. The first kappa shape index (κ1) is 16.5. The molecule has 0 radical (unpaired) electrons. The van der Waals surface area contributed by atoms with Crippen molar-refractivity contribution in [1.82, 2.24) is 0 Å². The van der Waals surface area contributed by atoms with Gasteiger partial charge in [0.1, 0.15) is 11.3 Å². The van der Waals surface area contributed by atoms with E-state index in [9.17, 15) is 0 Å². The van der Waals surface area contributed by atoms with Crippen LogP contribution in [0.15, 0.2) is 24.3 Å². The maximum Gasteiger partial charge on any atom is 0.119 e. The summed E-state index contributed by atoms with van der Waals surface area (Å²) in [4.78, 5) is 0. The van der Waals surface area contributed by atoms with Gasteiger partial charge in [0, 0.05) is 0 Å². The van der Waals surface area contributed by atoms with Crippen LogP contribution in [0.1, 0.15) is 51.5 Å². The molecule has 3 nitrogen and oxygen atoms in total. The van der Waals surface area contributed by atoms with Gasteiger partial charge >= 0.3 is 0 Å². The molecule has 1 aromatic rings. The molecule has 0 saturated heterocycles. The highest BCUT2D eigenvalue weighted by atomic mass is 16.5. The van der Waals surface area contributed by atoms with Gasteiger partial charge in [-0.2, -0.15) is 5.26 Å². The largest absolute Gasteiger partial charge is 0.494 e. The SMILES string of the molecule is CCCCc1ccc(OCCCC(N)(C#N)CC)cc1. The highest BCUT2D eigenvalue weighted by Crippen LogP contribution is 2.16. The third kappa shape index (κ3) is 5.63. The smallest absolute Gasteiger partial charge is 0.119 e. The van der Waals surface area contributed by atoms with Crippen molar-refractivity contribution in [3.8, 4) is 11.8 Å². The zero-order valence-corrected chi connectivity index (χ0v) is 12.7. The van der Waals surface area contributed by atoms with Gasteiger partial charge in [-0.1, -0.05) is 32.4 Å². The first-order valence-corrected chi connectivity index (χ1v) is 7.55. The molecule has 20 heavy (non-hydrogen) atoms. The van der Waals surface area contributed by atoms with Gasteiger partial charge < -0.3 is 10.5 Å². The van der Waals surface area contributed by atoms with E-state index in [1.165, 1.54) is 18.4 Å². The molecule has 0 saturated carbocycles. The molecule has 3 heteroatoms. The number of nitrogens with zero attached hydrogens (tertiary/aromatic N) is 1. The summed E-state index contributed by atoms with van der Waals surface area (Å²) in [5.41, 5.74) is 6.58. The highest BCUT2D eigenvalue weighted by molar-refractivity contribution is 5.27. The Morgan fingerprint density at radius 1 is 1.20 bits per heavy atom. The number of hydrogen-bond acceptors (Lipinski definition) is 3. The van der Waals surface area contributed by atoms with E-state index in [0.29, 0.717) is 19.4 Å². The first-order chi connectivity index (χ1) is 9.63. The minimum absolute atomic E-state index is 0.606. The molecule has 0 spiro atoms. The molecule has 0 aliphatic rings. The molecule has 0 bridgehead atoms. The number of ether oxygens (including phenoxy) is 1. The fourth-order valence-electron chi connectivity index (χ4n) is 2.02. The molecule has 1 atom stereocenters. The van der Waals surface area contributed by atoms with Crippen LogP contribution in [0.5, 0.6) is 5.75 Å². The van der Waals surface area contributed by atoms with Crippen molar-refractivity contribution in [2.45, 2.75) is 57.9 Å². The van der Waals surface area contributed by atoms with Crippen LogP contribution in [-0.2, 0) is 6.42 Å². The summed E-state index contributed by atoms with van der Waals surface area (Å²) in [6.45, 7) is 4.75. The van der Waals surface area contributed by atoms with Crippen molar-refractivity contribution in [2.24, 2.45) is 5.73 Å². The van der Waals surface area contributed by atoms with Crippen molar-refractivity contribution >= 4 is 0 Å². The molecule has 1 aromatic carbocycles. The Balaban J connectivity index is 2.30. The molecule has 0 amide bonds. The van der Waals surface area contributed by atoms with Crippen LogP contribution in [0.4, 0.5) is 0 Å². The van der Waals surface area contributed by atoms with Crippen molar-refractivity contribution in [3.05, 3.63) is 29.8 Å². The lowest BCUT2D eigenvalue weighted by Gasteiger charge is -2.18. The van der Waals surface area contributed by atoms with Gasteiger partial charge in [-0.3, -0.25) is 0 Å². The summed E-state index contributed by atoms with van der Waals surface area (Å²) in [6.07, 6.45) is 5.73. The van der Waals surface area contributed by atoms with E-state index in [1.54, 1.807) is 0 Å². The summed E-state index contributed by atoms with van der Waals surface area (Å²) >= 11 is 0. The van der Waals surface area contributed by atoms with Gasteiger partial charge in [0.2, 0.25) is 0 Å². The highest BCUT2D eigenvalue weighted by Gasteiger charge is 2.20. The Hall–Kier alpha value is -1.53. The Bertz CT molecular complexity index is 422. The number of rotatable bonds is 9. The number of aryl methyl sites for hydroxylation is 1. The molecule has 0 aliphatic carbocycles. The quantitative estimate of drug-likeness (QED) is 0.696. The van der Waals surface area contributed by atoms with E-state index in [4.69, 9.17) is 15.7 Å². The monoisotopic (exact) mass is 274 g/mol. The van der Waals surface area contributed by atoms with Crippen LogP contribution in [0.2, 0.25) is 0 Å². The molecule has 110 valence electrons. The van der Waals surface area contributed by atoms with Crippen LogP contribution in [0.3, 0.4) is 0 Å². The number of nitrogens with two attached hydrogens (primary N) is 1. The minimum atomic E-state index is -0.701. The number of nitriles is 1. The predicted molar refractivity (Wildman–Crippen MR) is 82.6 cm³/mol. The molecule has 1 unspecified atom stereocenters. The summed E-state index contributed by atoms with van der Waals surface area (Å²) in [5, 5.41) is 8.99. The van der Waals surface area contributed by atoms with Gasteiger partial charge in [0.05, 0.1) is 12.7 Å². The molecular weight excluding hydrogens is 248 g/mol. The number of benzene rings is 1. The normalized spacial score (nSPS) is 13.5. The van der Waals surface area contributed by atoms with Crippen LogP contribution < -0.4 is 10.5 Å². The zero-order valence-electron chi connectivity index (χ0n) is 12.7. The van der Waals surface area contributed by atoms with E-state index in [1.807, 2.05) is 19.1 Å². The molecule has 0 aromatic heterocycles. The van der Waals surface area contributed by atoms with E-state index in [-0.39, 0.29) is 0 Å². The van der Waals surface area contributed by atoms with Crippen LogP contribution in [-0.4, -0.2) is 12.1 Å². The van der Waals surface area contributed by atoms with E-state index in [2.05, 4.69) is 25.1 Å². The molecule has 0 heterocycles. The second kappa shape index (κ2) is 8.60. The number of hydrogen-bond donors (Lipinski definition) is 1. The van der Waals surface area contributed by atoms with Crippen molar-refractivity contribution < 1.29 is 4.74 Å². The van der Waals surface area contributed by atoms with Crippen LogP contribution in [0.25, 0.3) is 0 Å². The van der Waals surface area contributed by atoms with E-state index >= 15 is 0 Å². The Morgan fingerprint density at radius 2 is 1.90 bits per heavy atom. The average molecular weight is 274 g/mol. The van der Waals surface area contributed by atoms with E-state index in [0.717, 1.165) is 18.6 Å². The zero-order chi connectivity index (χ0) is 14.8. The summed E-state index contributed by atoms with van der Waals surface area (Å²) < 4.78 is 5.68. The lowest BCUT2D eigenvalue weighted by molar-refractivity contribution is 0.291. The van der Waals surface area contributed by atoms with Gasteiger partial charge in [0.15, 0.2) is 0 Å². The maximum atomic E-state index is 8.99. The molecular formula is C17H26N2O. The Labute approximate surface area is 122 Å². The van der Waals surface area contributed by atoms with Gasteiger partial charge in [-0.25, -0.2) is 0 Å². The third-order valence-electron chi connectivity index (χ3n) is 3.63. The predicted octanol–water partition coefficient (Wildman–Crippen LogP) is 3.82. The molecule has 0 fully saturated rings. The third-order valence-corrected chi connectivity index (χ3v) is 3.63. The fraction of sp³-hybridized carbons (Fsp3) is 0.588. The second-order valence-electron chi connectivity index (χ2n) is 5.32. The van der Waals surface area contributed by atoms with Gasteiger partial charge in [0.25, 0.3) is 0 Å². The van der Waals surface area contributed by atoms with Crippen LogP contribution >= 0.6 is 0 Å². The standard InChI is InChI=1S/C17H26N2O/c1-3-5-7-15-8-10-16(11-9-15)20-13-6-12-17(19,4-2)14-18/h8-11H,3-7,12-13,19H2,1-2H3. The number of unbranched alkanes of at least 4 members (excludes halogenated alkanes) is 1. The topological polar surface area (TPSA) is 59.0 Å². The van der Waals surface area contributed by atoms with Crippen molar-refractivity contribution in [3.63, 3.8) is 0 Å². The Morgan fingerprint density at radius 3 is 2.45 bits per heavy atom. The van der Waals surface area contributed by atoms with Gasteiger partial charge in [-0.15, -0.1) is 0 Å². The van der Waals surface area contributed by atoms with Gasteiger partial charge in [-0.05, 0) is 49.8 Å². The molecule has 0 aliphatic heterocycles. The van der Waals surface area contributed by atoms with E-state index < -0.39 is 5.54 Å². The lowest BCUT2D eigenvalue weighted by Crippen LogP contribution is -2.37. The average Bonchev–Trinajstić information content (AvgIpc) is 2.50. The fourth-order valence-corrected chi connectivity index (χ4v) is 2.02. The van der Waals surface area contributed by atoms with Crippen LogP contribution in [0, 0.1) is 11.3 Å². The summed E-state index contributed by atoms with van der Waals surface area (Å²) in [6, 6.07) is 10.5. The van der Waals surface area contributed by atoms with Crippen molar-refractivity contribution in [1.29, 1.82) is 5.26 Å². The second-order valence-corrected chi connectivity index (χ2v) is 5.32. The lowest BCUT2D eigenvalue weighted by atomic mass is 9.94. The first-order valence-electron chi connectivity index (χ1n) is 7.55.